The maximum atomic E-state index is 13.4. The minimum atomic E-state index is -0.368. The number of hydrogen-bond donors (Lipinski definition) is 2. The second-order valence-electron chi connectivity index (χ2n) is 6.92. The van der Waals surface area contributed by atoms with Gasteiger partial charge in [-0.3, -0.25) is 4.57 Å². The average Bonchev–Trinajstić information content (AvgIpc) is 3.38. The molecule has 31 heavy (non-hydrogen) atoms. The summed E-state index contributed by atoms with van der Waals surface area (Å²) in [6.07, 6.45) is 4.45. The number of H-pyrrole nitrogens is 1. The van der Waals surface area contributed by atoms with Crippen molar-refractivity contribution in [2.24, 2.45) is 0 Å². The van der Waals surface area contributed by atoms with Crippen molar-refractivity contribution < 1.29 is 0 Å². The predicted molar refractivity (Wildman–Crippen MR) is 116 cm³/mol. The van der Waals surface area contributed by atoms with Gasteiger partial charge in [0.15, 0.2) is 0 Å². The second-order valence-corrected chi connectivity index (χ2v) is 7.31. The molecule has 1 unspecified atom stereocenters. The van der Waals surface area contributed by atoms with Crippen molar-refractivity contribution in [2.45, 2.75) is 13.0 Å². The van der Waals surface area contributed by atoms with E-state index < -0.39 is 0 Å². The van der Waals surface area contributed by atoms with E-state index in [0.717, 1.165) is 0 Å². The van der Waals surface area contributed by atoms with E-state index in [1.807, 2.05) is 37.3 Å². The largest absolute Gasteiger partial charge is 0.361 e. The number of nitriles is 1. The maximum Gasteiger partial charge on any atom is 0.339 e. The van der Waals surface area contributed by atoms with E-state index >= 15 is 0 Å². The SMILES string of the molecule is CC(Nc1ncnc2[nH]cc(C#N)c12)c1cc2ncc(Cl)n2c(=O)n1-c1ccccc1. The third-order valence-corrected chi connectivity index (χ3v) is 5.33. The van der Waals surface area contributed by atoms with E-state index in [0.29, 0.717) is 39.4 Å². The number of halogens is 1. The zero-order chi connectivity index (χ0) is 21.5. The van der Waals surface area contributed by atoms with Crippen LogP contribution in [0.4, 0.5) is 5.82 Å². The summed E-state index contributed by atoms with van der Waals surface area (Å²) in [6, 6.07) is 12.9. The van der Waals surface area contributed by atoms with Crippen LogP contribution in [0.5, 0.6) is 0 Å². The lowest BCUT2D eigenvalue weighted by Crippen LogP contribution is -2.30. The van der Waals surface area contributed by atoms with Crippen LogP contribution in [0.1, 0.15) is 24.2 Å². The summed E-state index contributed by atoms with van der Waals surface area (Å²) < 4.78 is 2.94. The first-order valence-electron chi connectivity index (χ1n) is 9.41. The Labute approximate surface area is 180 Å². The number of rotatable bonds is 4. The minimum Gasteiger partial charge on any atom is -0.361 e. The fourth-order valence-corrected chi connectivity index (χ4v) is 3.85. The summed E-state index contributed by atoms with van der Waals surface area (Å²) in [5, 5.41) is 13.6. The summed E-state index contributed by atoms with van der Waals surface area (Å²) in [7, 11) is 0. The number of para-hydroxylation sites is 1. The maximum absolute atomic E-state index is 13.4. The summed E-state index contributed by atoms with van der Waals surface area (Å²) in [5.74, 6) is 0.489. The van der Waals surface area contributed by atoms with Crippen molar-refractivity contribution in [3.8, 4) is 11.8 Å². The zero-order valence-electron chi connectivity index (χ0n) is 16.2. The minimum absolute atomic E-state index is 0.236. The molecular weight excluding hydrogens is 416 g/mol. The van der Waals surface area contributed by atoms with E-state index in [1.54, 1.807) is 16.8 Å². The Balaban J connectivity index is 1.69. The lowest BCUT2D eigenvalue weighted by atomic mass is 10.1. The highest BCUT2D eigenvalue weighted by Crippen LogP contribution is 2.27. The van der Waals surface area contributed by atoms with Crippen molar-refractivity contribution >= 4 is 34.1 Å². The quantitative estimate of drug-likeness (QED) is 0.451. The molecule has 0 bridgehead atoms. The van der Waals surface area contributed by atoms with Crippen LogP contribution in [-0.2, 0) is 0 Å². The molecule has 0 aliphatic carbocycles. The molecule has 0 spiro atoms. The zero-order valence-corrected chi connectivity index (χ0v) is 17.0. The Morgan fingerprint density at radius 2 is 2.03 bits per heavy atom. The van der Waals surface area contributed by atoms with Gasteiger partial charge in [-0.15, -0.1) is 0 Å². The third-order valence-electron chi connectivity index (χ3n) is 5.07. The van der Waals surface area contributed by atoms with Crippen LogP contribution in [0.25, 0.3) is 22.4 Å². The number of benzene rings is 1. The molecule has 10 heteroatoms. The summed E-state index contributed by atoms with van der Waals surface area (Å²) in [4.78, 5) is 29.1. The number of fused-ring (bicyclic) bond motifs is 2. The van der Waals surface area contributed by atoms with Gasteiger partial charge in [0.05, 0.1) is 34.6 Å². The van der Waals surface area contributed by atoms with Gasteiger partial charge in [-0.1, -0.05) is 29.8 Å². The smallest absolute Gasteiger partial charge is 0.339 e. The van der Waals surface area contributed by atoms with Gasteiger partial charge in [-0.25, -0.2) is 24.1 Å². The standard InChI is InChI=1S/C21H15ClN8O/c1-12(28-20-18-13(8-23)9-25-19(18)26-11-27-20)15-7-17-24-10-16(22)30(17)21(31)29(15)14-5-3-2-4-6-14/h2-7,9-12H,1H3,(H2,25,26,27,28). The Kier molecular flexibility index (Phi) is 4.42. The molecule has 0 fully saturated rings. The molecule has 0 saturated heterocycles. The third kappa shape index (κ3) is 3.01. The first-order valence-corrected chi connectivity index (χ1v) is 9.79. The predicted octanol–water partition coefficient (Wildman–Crippen LogP) is 3.45. The highest BCUT2D eigenvalue weighted by molar-refractivity contribution is 6.29. The van der Waals surface area contributed by atoms with Crippen molar-refractivity contribution in [3.63, 3.8) is 0 Å². The van der Waals surface area contributed by atoms with Crippen LogP contribution in [-0.4, -0.2) is 28.9 Å². The van der Waals surface area contributed by atoms with Gasteiger partial charge < -0.3 is 10.3 Å². The Morgan fingerprint density at radius 1 is 1.23 bits per heavy atom. The first-order chi connectivity index (χ1) is 15.1. The molecule has 0 aliphatic heterocycles. The summed E-state index contributed by atoms with van der Waals surface area (Å²) >= 11 is 6.21. The van der Waals surface area contributed by atoms with E-state index in [4.69, 9.17) is 11.6 Å². The molecule has 4 aromatic heterocycles. The molecule has 1 aromatic carbocycles. The van der Waals surface area contributed by atoms with E-state index in [9.17, 15) is 10.1 Å². The van der Waals surface area contributed by atoms with Crippen molar-refractivity contribution in [1.29, 1.82) is 5.26 Å². The molecule has 0 amide bonds. The number of hydrogen-bond acceptors (Lipinski definition) is 6. The Bertz CT molecular complexity index is 1530. The monoisotopic (exact) mass is 430 g/mol. The lowest BCUT2D eigenvalue weighted by Gasteiger charge is -2.21. The molecule has 1 atom stereocenters. The number of aromatic nitrogens is 6. The molecule has 4 heterocycles. The van der Waals surface area contributed by atoms with Crippen LogP contribution in [0.2, 0.25) is 5.15 Å². The van der Waals surface area contributed by atoms with Gasteiger partial charge in [0.25, 0.3) is 0 Å². The topological polar surface area (TPSA) is 117 Å². The first kappa shape index (κ1) is 18.8. The van der Waals surface area contributed by atoms with E-state index in [2.05, 4.69) is 31.3 Å². The van der Waals surface area contributed by atoms with Gasteiger partial charge >= 0.3 is 5.69 Å². The number of nitrogens with zero attached hydrogens (tertiary/aromatic N) is 6. The van der Waals surface area contributed by atoms with Gasteiger partial charge in [-0.2, -0.15) is 5.26 Å². The summed E-state index contributed by atoms with van der Waals surface area (Å²) in [5.41, 5.74) is 2.44. The van der Waals surface area contributed by atoms with Gasteiger partial charge in [-0.05, 0) is 19.1 Å². The summed E-state index contributed by atoms with van der Waals surface area (Å²) in [6.45, 7) is 1.90. The van der Waals surface area contributed by atoms with E-state index in [1.165, 1.54) is 16.9 Å². The Hall–Kier alpha value is -4.16. The highest BCUT2D eigenvalue weighted by atomic mass is 35.5. The fraction of sp³-hybridized carbons (Fsp3) is 0.0952. The van der Waals surface area contributed by atoms with Crippen LogP contribution in [0.3, 0.4) is 0 Å². The second kappa shape index (κ2) is 7.27. The fourth-order valence-electron chi connectivity index (χ4n) is 3.64. The van der Waals surface area contributed by atoms with Crippen molar-refractivity contribution in [1.82, 2.24) is 28.9 Å². The molecular formula is C21H15ClN8O. The molecule has 0 radical (unpaired) electrons. The number of anilines is 1. The van der Waals surface area contributed by atoms with Crippen LogP contribution < -0.4 is 11.0 Å². The normalized spacial score (nSPS) is 12.2. The van der Waals surface area contributed by atoms with Crippen LogP contribution >= 0.6 is 11.6 Å². The molecule has 152 valence electrons. The average molecular weight is 431 g/mol. The van der Waals surface area contributed by atoms with Crippen molar-refractivity contribution in [2.75, 3.05) is 5.32 Å². The molecule has 9 nitrogen and oxygen atoms in total. The number of aromatic amines is 1. The van der Waals surface area contributed by atoms with Crippen LogP contribution in [0.15, 0.2) is 59.9 Å². The molecule has 0 saturated carbocycles. The van der Waals surface area contributed by atoms with Gasteiger partial charge in [0, 0.05) is 12.3 Å². The van der Waals surface area contributed by atoms with Gasteiger partial charge in [0.2, 0.25) is 0 Å². The number of nitrogens with one attached hydrogen (secondary N) is 2. The lowest BCUT2D eigenvalue weighted by molar-refractivity contribution is 0.739. The molecule has 2 N–H and O–H groups in total. The highest BCUT2D eigenvalue weighted by Gasteiger charge is 2.20. The van der Waals surface area contributed by atoms with E-state index in [-0.39, 0.29) is 16.9 Å². The molecule has 5 aromatic rings. The molecule has 0 aliphatic rings. The number of imidazole rings is 1. The van der Waals surface area contributed by atoms with Crippen molar-refractivity contribution in [3.05, 3.63) is 82.0 Å². The van der Waals surface area contributed by atoms with Gasteiger partial charge in [0.1, 0.15) is 34.7 Å². The van der Waals surface area contributed by atoms with Crippen LogP contribution in [0, 0.1) is 11.3 Å². The Morgan fingerprint density at radius 3 is 2.81 bits per heavy atom. The molecule has 5 rings (SSSR count).